The highest BCUT2D eigenvalue weighted by Gasteiger charge is 2.06. The number of aryl methyl sites for hydroxylation is 2. The maximum absolute atomic E-state index is 5.89. The number of nitrogens with two attached hydrogens (primary N) is 2. The fourth-order valence-electron chi connectivity index (χ4n) is 2.28. The Morgan fingerprint density at radius 1 is 0.682 bits per heavy atom. The second-order valence-corrected chi connectivity index (χ2v) is 5.78. The molecule has 0 fully saturated rings. The van der Waals surface area contributed by atoms with Crippen molar-refractivity contribution in [2.75, 3.05) is 26.3 Å². The van der Waals surface area contributed by atoms with Crippen LogP contribution in [0.1, 0.15) is 49.7 Å². The standard InChI is InChI=1S/C18H32N2O2/c1-15-14-18(22-12-8-6-10-20)16(2)13-17(15)21-11-7-4-3-5-9-19/h13-14H,3-12,19-20H2,1-2H3. The average Bonchev–Trinajstić information content (AvgIpc) is 2.51. The average molecular weight is 308 g/mol. The van der Waals surface area contributed by atoms with Gasteiger partial charge in [-0.2, -0.15) is 0 Å². The van der Waals surface area contributed by atoms with Gasteiger partial charge in [0.05, 0.1) is 13.2 Å². The monoisotopic (exact) mass is 308 g/mol. The van der Waals surface area contributed by atoms with Crippen molar-refractivity contribution in [3.63, 3.8) is 0 Å². The third kappa shape index (κ3) is 7.14. The number of benzene rings is 1. The lowest BCUT2D eigenvalue weighted by atomic mass is 10.1. The van der Waals surface area contributed by atoms with Crippen LogP contribution in [-0.4, -0.2) is 26.3 Å². The third-order valence-corrected chi connectivity index (χ3v) is 3.68. The van der Waals surface area contributed by atoms with E-state index in [0.29, 0.717) is 0 Å². The molecule has 0 aromatic heterocycles. The molecule has 0 saturated heterocycles. The van der Waals surface area contributed by atoms with Crippen molar-refractivity contribution >= 4 is 0 Å². The van der Waals surface area contributed by atoms with Gasteiger partial charge in [0.25, 0.3) is 0 Å². The summed E-state index contributed by atoms with van der Waals surface area (Å²) in [6, 6.07) is 4.15. The fraction of sp³-hybridized carbons (Fsp3) is 0.667. The van der Waals surface area contributed by atoms with Crippen LogP contribution in [0.15, 0.2) is 12.1 Å². The first-order chi connectivity index (χ1) is 10.7. The van der Waals surface area contributed by atoms with Gasteiger partial charge in [-0.15, -0.1) is 0 Å². The quantitative estimate of drug-likeness (QED) is 0.581. The van der Waals surface area contributed by atoms with E-state index < -0.39 is 0 Å². The van der Waals surface area contributed by atoms with Crippen LogP contribution in [0.3, 0.4) is 0 Å². The van der Waals surface area contributed by atoms with E-state index in [1.54, 1.807) is 0 Å². The van der Waals surface area contributed by atoms with Gasteiger partial charge < -0.3 is 20.9 Å². The smallest absolute Gasteiger partial charge is 0.122 e. The van der Waals surface area contributed by atoms with Crippen LogP contribution < -0.4 is 20.9 Å². The molecule has 0 spiro atoms. The molecule has 0 atom stereocenters. The second kappa shape index (κ2) is 11.3. The zero-order valence-electron chi connectivity index (χ0n) is 14.2. The molecule has 0 heterocycles. The third-order valence-electron chi connectivity index (χ3n) is 3.68. The molecule has 4 N–H and O–H groups in total. The summed E-state index contributed by atoms with van der Waals surface area (Å²) in [5.74, 6) is 1.91. The first kappa shape index (κ1) is 18.8. The Bertz CT molecular complexity index is 422. The van der Waals surface area contributed by atoms with Crippen molar-refractivity contribution in [1.82, 2.24) is 0 Å². The van der Waals surface area contributed by atoms with Crippen LogP contribution in [0.2, 0.25) is 0 Å². The molecule has 0 aliphatic carbocycles. The van der Waals surface area contributed by atoms with Crippen molar-refractivity contribution in [2.24, 2.45) is 11.5 Å². The Hall–Kier alpha value is -1.26. The summed E-state index contributed by atoms with van der Waals surface area (Å²) in [7, 11) is 0. The second-order valence-electron chi connectivity index (χ2n) is 5.78. The molecule has 0 unspecified atom stereocenters. The molecule has 4 nitrogen and oxygen atoms in total. The number of unbranched alkanes of at least 4 members (excludes halogenated alkanes) is 4. The molecule has 22 heavy (non-hydrogen) atoms. The first-order valence-electron chi connectivity index (χ1n) is 8.46. The van der Waals surface area contributed by atoms with Crippen LogP contribution in [0.5, 0.6) is 11.5 Å². The Balaban J connectivity index is 2.40. The Kier molecular flexibility index (Phi) is 9.67. The molecular weight excluding hydrogens is 276 g/mol. The first-order valence-corrected chi connectivity index (χ1v) is 8.46. The van der Waals surface area contributed by atoms with E-state index in [-0.39, 0.29) is 0 Å². The van der Waals surface area contributed by atoms with E-state index in [1.165, 1.54) is 12.8 Å². The van der Waals surface area contributed by atoms with E-state index in [4.69, 9.17) is 20.9 Å². The topological polar surface area (TPSA) is 70.5 Å². The summed E-state index contributed by atoms with van der Waals surface area (Å²) in [5, 5.41) is 0. The van der Waals surface area contributed by atoms with E-state index in [0.717, 1.165) is 74.6 Å². The highest BCUT2D eigenvalue weighted by atomic mass is 16.5. The van der Waals surface area contributed by atoms with Crippen LogP contribution in [0.4, 0.5) is 0 Å². The van der Waals surface area contributed by atoms with Gasteiger partial charge in [-0.1, -0.05) is 12.8 Å². The zero-order valence-corrected chi connectivity index (χ0v) is 14.2. The van der Waals surface area contributed by atoms with Gasteiger partial charge in [0.15, 0.2) is 0 Å². The number of rotatable bonds is 12. The maximum Gasteiger partial charge on any atom is 0.122 e. The normalized spacial score (nSPS) is 10.7. The number of hydrogen-bond acceptors (Lipinski definition) is 4. The van der Waals surface area contributed by atoms with E-state index in [2.05, 4.69) is 26.0 Å². The Morgan fingerprint density at radius 3 is 1.59 bits per heavy atom. The van der Waals surface area contributed by atoms with Crippen LogP contribution >= 0.6 is 0 Å². The largest absolute Gasteiger partial charge is 0.493 e. The summed E-state index contributed by atoms with van der Waals surface area (Å²) >= 11 is 0. The summed E-state index contributed by atoms with van der Waals surface area (Å²) in [6.45, 7) is 7.12. The SMILES string of the molecule is Cc1cc(OCCCCCCN)c(C)cc1OCCCCN. The zero-order chi connectivity index (χ0) is 16.2. The van der Waals surface area contributed by atoms with Crippen LogP contribution in [0, 0.1) is 13.8 Å². The molecule has 0 aliphatic rings. The molecule has 0 amide bonds. The van der Waals surface area contributed by atoms with Gasteiger partial charge in [-0.3, -0.25) is 0 Å². The molecule has 0 radical (unpaired) electrons. The Labute approximate surface area is 135 Å². The van der Waals surface area contributed by atoms with Gasteiger partial charge in [-0.25, -0.2) is 0 Å². The van der Waals surface area contributed by atoms with Gasteiger partial charge >= 0.3 is 0 Å². The minimum atomic E-state index is 0.721. The molecule has 126 valence electrons. The molecule has 0 aliphatic heterocycles. The number of hydrogen-bond donors (Lipinski definition) is 2. The summed E-state index contributed by atoms with van der Waals surface area (Å²) in [5.41, 5.74) is 13.2. The van der Waals surface area contributed by atoms with Crippen molar-refractivity contribution in [3.05, 3.63) is 23.3 Å². The molecule has 0 bridgehead atoms. The molecule has 4 heteroatoms. The van der Waals surface area contributed by atoms with Crippen molar-refractivity contribution in [3.8, 4) is 11.5 Å². The van der Waals surface area contributed by atoms with Gasteiger partial charge in [0.1, 0.15) is 11.5 Å². The summed E-state index contributed by atoms with van der Waals surface area (Å²) < 4.78 is 11.7. The van der Waals surface area contributed by atoms with E-state index in [1.807, 2.05) is 0 Å². The molecule has 1 aromatic carbocycles. The minimum Gasteiger partial charge on any atom is -0.493 e. The van der Waals surface area contributed by atoms with Crippen molar-refractivity contribution in [1.29, 1.82) is 0 Å². The lowest BCUT2D eigenvalue weighted by Crippen LogP contribution is -2.05. The minimum absolute atomic E-state index is 0.721. The Morgan fingerprint density at radius 2 is 1.09 bits per heavy atom. The molecule has 0 saturated carbocycles. The fourth-order valence-corrected chi connectivity index (χ4v) is 2.28. The molecule has 1 rings (SSSR count). The summed E-state index contributed by atoms with van der Waals surface area (Å²) in [4.78, 5) is 0. The van der Waals surface area contributed by atoms with E-state index >= 15 is 0 Å². The molecule has 1 aromatic rings. The lowest BCUT2D eigenvalue weighted by molar-refractivity contribution is 0.295. The van der Waals surface area contributed by atoms with Gasteiger partial charge in [0, 0.05) is 0 Å². The van der Waals surface area contributed by atoms with Crippen LogP contribution in [0.25, 0.3) is 0 Å². The predicted octanol–water partition coefficient (Wildman–Crippen LogP) is 3.32. The van der Waals surface area contributed by atoms with E-state index in [9.17, 15) is 0 Å². The number of ether oxygens (including phenoxy) is 2. The van der Waals surface area contributed by atoms with Gasteiger partial charge in [-0.05, 0) is 75.9 Å². The maximum atomic E-state index is 5.89. The van der Waals surface area contributed by atoms with Crippen molar-refractivity contribution in [2.45, 2.75) is 52.4 Å². The van der Waals surface area contributed by atoms with Crippen LogP contribution in [-0.2, 0) is 0 Å². The van der Waals surface area contributed by atoms with Crippen molar-refractivity contribution < 1.29 is 9.47 Å². The lowest BCUT2D eigenvalue weighted by Gasteiger charge is -2.14. The summed E-state index contributed by atoms with van der Waals surface area (Å²) in [6.07, 6.45) is 6.55. The molecular formula is C18H32N2O2. The van der Waals surface area contributed by atoms with Gasteiger partial charge in [0.2, 0.25) is 0 Å². The highest BCUT2D eigenvalue weighted by Crippen LogP contribution is 2.28. The highest BCUT2D eigenvalue weighted by molar-refractivity contribution is 5.45. The predicted molar refractivity (Wildman–Crippen MR) is 92.7 cm³/mol.